The molecule has 1 atom stereocenters. The molecule has 0 spiro atoms. The van der Waals surface area contributed by atoms with Crippen molar-refractivity contribution in [2.75, 3.05) is 25.6 Å². The van der Waals surface area contributed by atoms with Gasteiger partial charge >= 0.3 is 0 Å². The summed E-state index contributed by atoms with van der Waals surface area (Å²) in [7, 11) is 1.76. The Morgan fingerprint density at radius 1 is 1.00 bits per heavy atom. The second-order valence-electron chi connectivity index (χ2n) is 6.69. The van der Waals surface area contributed by atoms with E-state index < -0.39 is 11.9 Å². The van der Waals surface area contributed by atoms with Crippen molar-refractivity contribution in [3.8, 4) is 0 Å². The number of pyridine rings is 1. The molecule has 3 aromatic rings. The molecule has 150 valence electrons. The van der Waals surface area contributed by atoms with Crippen LogP contribution in [0.5, 0.6) is 0 Å². The first kappa shape index (κ1) is 20.1. The fourth-order valence-electron chi connectivity index (χ4n) is 3.52. The lowest BCUT2D eigenvalue weighted by molar-refractivity contribution is -0.130. The Kier molecular flexibility index (Phi) is 5.76. The zero-order chi connectivity index (χ0) is 20.4. The number of hydrogen-bond acceptors (Lipinski definition) is 5. The third-order valence-electron chi connectivity index (χ3n) is 4.91. The average Bonchev–Trinajstić information content (AvgIpc) is 3.24. The molecule has 0 bridgehead atoms. The number of anilines is 1. The Balaban J connectivity index is 1.82. The molecule has 2 N–H and O–H groups in total. The van der Waals surface area contributed by atoms with Gasteiger partial charge in [0.15, 0.2) is 0 Å². The van der Waals surface area contributed by atoms with Crippen LogP contribution in [0.15, 0.2) is 60.8 Å². The number of nitrogens with one attached hydrogen (secondary N) is 1. The third-order valence-corrected chi connectivity index (χ3v) is 5.40. The summed E-state index contributed by atoms with van der Waals surface area (Å²) in [4.78, 5) is 4.51. The number of aromatic nitrogens is 1. The Hall–Kier alpha value is -2.15. The minimum Gasteiger partial charge on any atom is -0.384 e. The van der Waals surface area contributed by atoms with Crippen molar-refractivity contribution in [1.82, 2.24) is 4.98 Å². The van der Waals surface area contributed by atoms with E-state index in [0.29, 0.717) is 45.8 Å². The van der Waals surface area contributed by atoms with Crippen molar-refractivity contribution in [3.63, 3.8) is 0 Å². The Morgan fingerprint density at radius 3 is 2.38 bits per heavy atom. The van der Waals surface area contributed by atoms with Crippen LogP contribution in [0.25, 0.3) is 0 Å². The highest BCUT2D eigenvalue weighted by atomic mass is 35.5. The summed E-state index contributed by atoms with van der Waals surface area (Å²) < 4.78 is 12.1. The number of hydrogen-bond donors (Lipinski definition) is 2. The van der Waals surface area contributed by atoms with Gasteiger partial charge in [0.2, 0.25) is 5.79 Å². The quantitative estimate of drug-likeness (QED) is 0.610. The Morgan fingerprint density at radius 2 is 1.72 bits per heavy atom. The minimum absolute atomic E-state index is 0.447. The molecular weight excluding hydrogens is 411 g/mol. The number of nitrogens with zero attached hydrogens (tertiary/aromatic N) is 1. The molecular formula is C22H20Cl2N2O3. The van der Waals surface area contributed by atoms with Crippen LogP contribution in [-0.2, 0) is 15.3 Å². The maximum absolute atomic E-state index is 11.0. The van der Waals surface area contributed by atoms with E-state index in [-0.39, 0.29) is 0 Å². The van der Waals surface area contributed by atoms with Gasteiger partial charge in [-0.25, -0.2) is 4.98 Å². The summed E-state index contributed by atoms with van der Waals surface area (Å²) in [6.45, 7) is 0.894. The minimum atomic E-state index is -1.10. The van der Waals surface area contributed by atoms with Crippen LogP contribution in [0.4, 0.5) is 5.82 Å². The molecule has 1 aromatic heterocycles. The molecule has 2 aromatic carbocycles. The third kappa shape index (κ3) is 3.84. The molecule has 1 aliphatic heterocycles. The van der Waals surface area contributed by atoms with Crippen molar-refractivity contribution in [1.29, 1.82) is 0 Å². The second kappa shape index (κ2) is 8.30. The van der Waals surface area contributed by atoms with Crippen molar-refractivity contribution < 1.29 is 14.6 Å². The molecule has 0 amide bonds. The Bertz CT molecular complexity index is 1010. The van der Waals surface area contributed by atoms with E-state index in [0.717, 1.165) is 5.56 Å². The molecule has 0 radical (unpaired) electrons. The van der Waals surface area contributed by atoms with Crippen LogP contribution in [0.3, 0.4) is 0 Å². The van der Waals surface area contributed by atoms with Crippen LogP contribution in [0.1, 0.15) is 28.4 Å². The van der Waals surface area contributed by atoms with Crippen LogP contribution >= 0.6 is 23.2 Å². The van der Waals surface area contributed by atoms with Crippen molar-refractivity contribution in [2.45, 2.75) is 11.9 Å². The summed E-state index contributed by atoms with van der Waals surface area (Å²) in [5.41, 5.74) is 2.76. The molecule has 29 heavy (non-hydrogen) atoms. The largest absolute Gasteiger partial charge is 0.384 e. The first-order chi connectivity index (χ1) is 14.0. The molecule has 0 aliphatic carbocycles. The van der Waals surface area contributed by atoms with Crippen LogP contribution in [-0.4, -0.2) is 30.4 Å². The van der Waals surface area contributed by atoms with E-state index >= 15 is 0 Å². The summed E-state index contributed by atoms with van der Waals surface area (Å²) in [5.74, 6) is -0.544. The number of aliphatic hydroxyl groups excluding tert-OH is 1. The highest BCUT2D eigenvalue weighted by Crippen LogP contribution is 2.40. The van der Waals surface area contributed by atoms with Gasteiger partial charge in [0.05, 0.1) is 13.2 Å². The molecule has 1 aliphatic rings. The van der Waals surface area contributed by atoms with E-state index in [1.165, 1.54) is 0 Å². The van der Waals surface area contributed by atoms with Gasteiger partial charge in [0.25, 0.3) is 0 Å². The predicted molar refractivity (Wildman–Crippen MR) is 113 cm³/mol. The monoisotopic (exact) mass is 430 g/mol. The summed E-state index contributed by atoms with van der Waals surface area (Å²) in [5, 5.41) is 15.3. The smallest absolute Gasteiger partial charge is 0.224 e. The molecule has 2 heterocycles. The predicted octanol–water partition coefficient (Wildman–Crippen LogP) is 4.76. The van der Waals surface area contributed by atoms with Crippen molar-refractivity contribution >= 4 is 29.0 Å². The normalized spacial score (nSPS) is 16.6. The van der Waals surface area contributed by atoms with Crippen molar-refractivity contribution in [3.05, 3.63) is 93.1 Å². The summed E-state index contributed by atoms with van der Waals surface area (Å²) >= 11 is 12.2. The molecule has 7 heteroatoms. The SMILES string of the molecule is CNc1ncc(C2(c3ccc(Cl)cc3)OCCO2)cc1C(O)c1cccc(Cl)c1. The lowest BCUT2D eigenvalue weighted by Crippen LogP contribution is -2.29. The van der Waals surface area contributed by atoms with Gasteiger partial charge in [-0.2, -0.15) is 0 Å². The van der Waals surface area contributed by atoms with Gasteiger partial charge < -0.3 is 19.9 Å². The van der Waals surface area contributed by atoms with Crippen molar-refractivity contribution in [2.24, 2.45) is 0 Å². The van der Waals surface area contributed by atoms with Gasteiger partial charge in [0, 0.05) is 40.0 Å². The molecule has 1 saturated heterocycles. The van der Waals surface area contributed by atoms with Crippen LogP contribution in [0.2, 0.25) is 10.0 Å². The number of benzene rings is 2. The molecule has 4 rings (SSSR count). The molecule has 0 saturated carbocycles. The average molecular weight is 431 g/mol. The first-order valence-corrected chi connectivity index (χ1v) is 9.95. The second-order valence-corrected chi connectivity index (χ2v) is 7.56. The highest BCUT2D eigenvalue weighted by molar-refractivity contribution is 6.30. The van der Waals surface area contributed by atoms with E-state index in [9.17, 15) is 5.11 Å². The fourth-order valence-corrected chi connectivity index (χ4v) is 3.84. The zero-order valence-corrected chi connectivity index (χ0v) is 17.2. The highest BCUT2D eigenvalue weighted by Gasteiger charge is 2.41. The first-order valence-electron chi connectivity index (χ1n) is 9.19. The van der Waals surface area contributed by atoms with E-state index in [1.807, 2.05) is 24.3 Å². The van der Waals surface area contributed by atoms with Gasteiger partial charge in [-0.3, -0.25) is 0 Å². The maximum Gasteiger partial charge on any atom is 0.224 e. The molecule has 5 nitrogen and oxygen atoms in total. The van der Waals surface area contributed by atoms with Gasteiger partial charge in [-0.1, -0.05) is 47.5 Å². The van der Waals surface area contributed by atoms with Gasteiger partial charge in [-0.15, -0.1) is 0 Å². The number of aliphatic hydroxyl groups is 1. The standard InChI is InChI=1S/C22H20Cl2N2O3/c1-25-21-19(20(27)14-3-2-4-18(24)11-14)12-16(13-26-21)22(28-9-10-29-22)15-5-7-17(23)8-6-15/h2-8,11-13,20,27H,9-10H2,1H3,(H,25,26). The number of ether oxygens (including phenoxy) is 2. The van der Waals surface area contributed by atoms with E-state index in [1.54, 1.807) is 43.6 Å². The van der Waals surface area contributed by atoms with Crippen LogP contribution < -0.4 is 5.32 Å². The number of halogens is 2. The Labute approximate surface area is 179 Å². The zero-order valence-electron chi connectivity index (χ0n) is 15.7. The topological polar surface area (TPSA) is 63.6 Å². The lowest BCUT2D eigenvalue weighted by Gasteiger charge is -2.29. The summed E-state index contributed by atoms with van der Waals surface area (Å²) in [6.07, 6.45) is 0.771. The van der Waals surface area contributed by atoms with Crippen LogP contribution in [0, 0.1) is 0 Å². The van der Waals surface area contributed by atoms with E-state index in [4.69, 9.17) is 32.7 Å². The molecule has 1 unspecified atom stereocenters. The lowest BCUT2D eigenvalue weighted by atomic mass is 9.94. The maximum atomic E-state index is 11.0. The number of rotatable bonds is 5. The fraction of sp³-hybridized carbons (Fsp3) is 0.227. The van der Waals surface area contributed by atoms with Gasteiger partial charge in [-0.05, 0) is 35.9 Å². The van der Waals surface area contributed by atoms with E-state index in [2.05, 4.69) is 10.3 Å². The summed E-state index contributed by atoms with van der Waals surface area (Å²) in [6, 6.07) is 16.3. The molecule has 1 fully saturated rings. The van der Waals surface area contributed by atoms with Gasteiger partial charge in [0.1, 0.15) is 11.9 Å².